The van der Waals surface area contributed by atoms with Crippen LogP contribution in [0.5, 0.6) is 5.75 Å². The van der Waals surface area contributed by atoms with E-state index >= 15 is 0 Å². The Kier molecular flexibility index (Phi) is 8.34. The molecule has 2 amide bonds. The van der Waals surface area contributed by atoms with Crippen molar-refractivity contribution in [2.45, 2.75) is 38.3 Å². The van der Waals surface area contributed by atoms with Crippen molar-refractivity contribution in [2.75, 3.05) is 40.4 Å². The maximum atomic E-state index is 13.4. The van der Waals surface area contributed by atoms with E-state index in [9.17, 15) is 9.59 Å². The molecule has 1 unspecified atom stereocenters. The second kappa shape index (κ2) is 11.4. The third-order valence-electron chi connectivity index (χ3n) is 7.43. The Morgan fingerprint density at radius 2 is 1.74 bits per heavy atom. The highest BCUT2D eigenvalue weighted by Gasteiger charge is 2.47. The van der Waals surface area contributed by atoms with Crippen LogP contribution in [-0.2, 0) is 16.1 Å². The van der Waals surface area contributed by atoms with Gasteiger partial charge in [-0.2, -0.15) is 0 Å². The van der Waals surface area contributed by atoms with Gasteiger partial charge in [0.25, 0.3) is 0 Å². The van der Waals surface area contributed by atoms with Crippen molar-refractivity contribution in [3.63, 3.8) is 0 Å². The Morgan fingerprint density at radius 3 is 2.43 bits per heavy atom. The Labute approximate surface area is 215 Å². The van der Waals surface area contributed by atoms with Gasteiger partial charge in [-0.25, -0.2) is 4.79 Å². The van der Waals surface area contributed by atoms with E-state index < -0.39 is 6.09 Å². The molecule has 2 aliphatic rings. The van der Waals surface area contributed by atoms with Crippen LogP contribution in [0.2, 0.25) is 0 Å². The number of benzene rings is 2. The number of nitrogens with one attached hydrogen (secondary N) is 1. The van der Waals surface area contributed by atoms with Gasteiger partial charge in [-0.3, -0.25) is 4.79 Å². The van der Waals surface area contributed by atoms with Gasteiger partial charge in [0.05, 0.1) is 25.7 Å². The number of alkyl carbamates (subject to hydrolysis) is 1. The Hall–Kier alpha value is -2.58. The molecule has 2 saturated heterocycles. The smallest absolute Gasteiger partial charge is 0.407 e. The number of amides is 2. The summed E-state index contributed by atoms with van der Waals surface area (Å²) >= 11 is 3.47. The number of likely N-dealkylation sites (tertiary alicyclic amines) is 2. The summed E-state index contributed by atoms with van der Waals surface area (Å²) in [6.45, 7) is 4.09. The number of carbonyl (C=O) groups is 2. The van der Waals surface area contributed by atoms with Crippen LogP contribution in [0.15, 0.2) is 53.0 Å². The highest BCUT2D eigenvalue weighted by Crippen LogP contribution is 2.42. The molecule has 0 saturated carbocycles. The van der Waals surface area contributed by atoms with Crippen molar-refractivity contribution >= 4 is 27.9 Å². The highest BCUT2D eigenvalue weighted by molar-refractivity contribution is 9.10. The normalized spacial score (nSPS) is 18.5. The fourth-order valence-corrected chi connectivity index (χ4v) is 5.56. The van der Waals surface area contributed by atoms with E-state index in [1.807, 2.05) is 41.3 Å². The third kappa shape index (κ3) is 5.98. The van der Waals surface area contributed by atoms with Crippen molar-refractivity contribution in [3.8, 4) is 5.75 Å². The maximum absolute atomic E-state index is 13.4. The first-order valence-electron chi connectivity index (χ1n) is 12.2. The van der Waals surface area contributed by atoms with Crippen molar-refractivity contribution in [1.82, 2.24) is 15.1 Å². The number of piperidine rings is 1. The Bertz CT molecular complexity index is 1020. The van der Waals surface area contributed by atoms with Gasteiger partial charge in [-0.05, 0) is 62.5 Å². The molecular formula is C27H34BrN3O4. The lowest BCUT2D eigenvalue weighted by Crippen LogP contribution is -2.45. The maximum Gasteiger partial charge on any atom is 0.407 e. The number of hydrogen-bond donors (Lipinski definition) is 1. The molecule has 8 heteroatoms. The lowest BCUT2D eigenvalue weighted by atomic mass is 9.77. The standard InChI is InChI=1S/C27H34BrN3O4/c1-34-24-6-4-3-5-22(24)23(29-26(33)35-2)11-15-30-16-12-27(13-17-30)14-18-31(25(27)32)19-20-7-9-21(28)10-8-20/h3-10,23H,11-19H2,1-2H3,(H,29,33). The molecule has 4 rings (SSSR count). The predicted molar refractivity (Wildman–Crippen MR) is 138 cm³/mol. The summed E-state index contributed by atoms with van der Waals surface area (Å²) in [5.74, 6) is 1.05. The fraction of sp³-hybridized carbons (Fsp3) is 0.481. The Balaban J connectivity index is 1.33. The zero-order valence-corrected chi connectivity index (χ0v) is 22.1. The molecule has 2 heterocycles. The molecule has 2 aromatic rings. The van der Waals surface area contributed by atoms with Gasteiger partial charge < -0.3 is 24.6 Å². The molecule has 2 aliphatic heterocycles. The number of rotatable bonds is 8. The first kappa shape index (κ1) is 25.5. The van der Waals surface area contributed by atoms with Gasteiger partial charge in [0.15, 0.2) is 0 Å². The minimum atomic E-state index is -0.457. The van der Waals surface area contributed by atoms with Crippen LogP contribution in [-0.4, -0.2) is 62.2 Å². The van der Waals surface area contributed by atoms with Crippen LogP contribution in [0, 0.1) is 5.41 Å². The first-order chi connectivity index (χ1) is 16.9. The molecule has 0 radical (unpaired) electrons. The van der Waals surface area contributed by atoms with Gasteiger partial charge in [0, 0.05) is 29.7 Å². The van der Waals surface area contributed by atoms with E-state index in [-0.39, 0.29) is 11.5 Å². The second-order valence-electron chi connectivity index (χ2n) is 9.44. The summed E-state index contributed by atoms with van der Waals surface area (Å²) in [7, 11) is 3.01. The summed E-state index contributed by atoms with van der Waals surface area (Å²) in [4.78, 5) is 29.8. The highest BCUT2D eigenvalue weighted by atomic mass is 79.9. The van der Waals surface area contributed by atoms with Gasteiger partial charge in [-0.1, -0.05) is 46.3 Å². The summed E-state index contributed by atoms with van der Waals surface area (Å²) in [6, 6.07) is 15.7. The van der Waals surface area contributed by atoms with Crippen molar-refractivity contribution < 1.29 is 19.1 Å². The summed E-state index contributed by atoms with van der Waals surface area (Å²) < 4.78 is 11.4. The number of ether oxygens (including phenoxy) is 2. The molecule has 0 aliphatic carbocycles. The van der Waals surface area contributed by atoms with Gasteiger partial charge >= 0.3 is 6.09 Å². The molecule has 1 spiro atoms. The molecule has 35 heavy (non-hydrogen) atoms. The summed E-state index contributed by atoms with van der Waals surface area (Å²) in [5, 5.41) is 2.95. The number of para-hydroxylation sites is 1. The first-order valence-corrected chi connectivity index (χ1v) is 13.0. The summed E-state index contributed by atoms with van der Waals surface area (Å²) in [6.07, 6.45) is 2.97. The van der Waals surface area contributed by atoms with E-state index in [1.54, 1.807) is 7.11 Å². The Morgan fingerprint density at radius 1 is 1.06 bits per heavy atom. The number of hydrogen-bond acceptors (Lipinski definition) is 5. The molecule has 188 valence electrons. The van der Waals surface area contributed by atoms with Gasteiger partial charge in [-0.15, -0.1) is 0 Å². The topological polar surface area (TPSA) is 71.1 Å². The quantitative estimate of drug-likeness (QED) is 0.519. The van der Waals surface area contributed by atoms with Gasteiger partial charge in [0.1, 0.15) is 5.75 Å². The number of methoxy groups -OCH3 is 2. The molecule has 2 fully saturated rings. The monoisotopic (exact) mass is 543 g/mol. The molecule has 1 N–H and O–H groups in total. The second-order valence-corrected chi connectivity index (χ2v) is 10.4. The van der Waals surface area contributed by atoms with Crippen LogP contribution >= 0.6 is 15.9 Å². The predicted octanol–water partition coefficient (Wildman–Crippen LogP) is 4.76. The van der Waals surface area contributed by atoms with Crippen molar-refractivity contribution in [3.05, 3.63) is 64.1 Å². The zero-order valence-electron chi connectivity index (χ0n) is 20.5. The fourth-order valence-electron chi connectivity index (χ4n) is 5.30. The van der Waals surface area contributed by atoms with Crippen LogP contribution < -0.4 is 10.1 Å². The van der Waals surface area contributed by atoms with E-state index in [0.29, 0.717) is 12.5 Å². The van der Waals surface area contributed by atoms with Crippen LogP contribution in [0.25, 0.3) is 0 Å². The number of halogens is 1. The molecule has 1 atom stereocenters. The SMILES string of the molecule is COC(=O)NC(CCN1CCC2(CC1)CCN(Cc1ccc(Br)cc1)C2=O)c1ccccc1OC. The number of nitrogens with zero attached hydrogens (tertiary/aromatic N) is 2. The third-order valence-corrected chi connectivity index (χ3v) is 7.96. The van der Waals surface area contributed by atoms with Crippen LogP contribution in [0.4, 0.5) is 4.79 Å². The molecule has 7 nitrogen and oxygen atoms in total. The molecule has 0 aromatic heterocycles. The van der Waals surface area contributed by atoms with E-state index in [2.05, 4.69) is 38.3 Å². The lowest BCUT2D eigenvalue weighted by molar-refractivity contribution is -0.138. The molecular weight excluding hydrogens is 510 g/mol. The molecule has 2 aromatic carbocycles. The van der Waals surface area contributed by atoms with E-state index in [4.69, 9.17) is 9.47 Å². The van der Waals surface area contributed by atoms with Crippen molar-refractivity contribution in [2.24, 2.45) is 5.41 Å². The average Bonchev–Trinajstić information content (AvgIpc) is 3.18. The number of carbonyl (C=O) groups excluding carboxylic acids is 2. The minimum Gasteiger partial charge on any atom is -0.496 e. The van der Waals surface area contributed by atoms with Crippen LogP contribution in [0.3, 0.4) is 0 Å². The lowest BCUT2D eigenvalue weighted by Gasteiger charge is -2.38. The van der Waals surface area contributed by atoms with Gasteiger partial charge in [0.2, 0.25) is 5.91 Å². The zero-order chi connectivity index (χ0) is 24.8. The average molecular weight is 544 g/mol. The summed E-state index contributed by atoms with van der Waals surface area (Å²) in [5.41, 5.74) is 1.87. The minimum absolute atomic E-state index is 0.219. The van der Waals surface area contributed by atoms with E-state index in [1.165, 1.54) is 7.11 Å². The molecule has 0 bridgehead atoms. The van der Waals surface area contributed by atoms with Crippen molar-refractivity contribution in [1.29, 1.82) is 0 Å². The van der Waals surface area contributed by atoms with Crippen LogP contribution in [0.1, 0.15) is 42.9 Å². The van der Waals surface area contributed by atoms with E-state index in [0.717, 1.165) is 73.2 Å². The largest absolute Gasteiger partial charge is 0.496 e.